The molecule has 0 aliphatic heterocycles. The highest BCUT2D eigenvalue weighted by Crippen LogP contribution is 2.32. The summed E-state index contributed by atoms with van der Waals surface area (Å²) in [4.78, 5) is 0. The monoisotopic (exact) mass is 246 g/mol. The van der Waals surface area contributed by atoms with Crippen LogP contribution in [-0.2, 0) is 10.0 Å². The molecule has 5 heteroatoms. The van der Waals surface area contributed by atoms with Crippen LogP contribution < -0.4 is 10.0 Å². The van der Waals surface area contributed by atoms with Crippen molar-refractivity contribution < 1.29 is 8.42 Å². The topological polar surface area (TPSA) is 58.2 Å². The number of hydrogen-bond donors (Lipinski definition) is 2. The van der Waals surface area contributed by atoms with E-state index in [-0.39, 0.29) is 11.3 Å². The molecule has 2 saturated carbocycles. The molecular formula is C11H22N2O2S. The summed E-state index contributed by atoms with van der Waals surface area (Å²) in [6.45, 7) is 4.31. The summed E-state index contributed by atoms with van der Waals surface area (Å²) >= 11 is 0. The fourth-order valence-corrected chi connectivity index (χ4v) is 3.06. The highest BCUT2D eigenvalue weighted by Gasteiger charge is 2.33. The Hall–Kier alpha value is -0.130. The van der Waals surface area contributed by atoms with Crippen LogP contribution in [-0.4, -0.2) is 32.3 Å². The minimum Gasteiger partial charge on any atom is -0.313 e. The Morgan fingerprint density at radius 1 is 1.19 bits per heavy atom. The van der Waals surface area contributed by atoms with Gasteiger partial charge < -0.3 is 5.32 Å². The lowest BCUT2D eigenvalue weighted by Crippen LogP contribution is -2.43. The first-order chi connectivity index (χ1) is 7.49. The lowest BCUT2D eigenvalue weighted by atomic mass is 10.2. The predicted molar refractivity (Wildman–Crippen MR) is 64.7 cm³/mol. The summed E-state index contributed by atoms with van der Waals surface area (Å²) in [5.74, 6) is 0.568. The highest BCUT2D eigenvalue weighted by molar-refractivity contribution is 7.90. The zero-order valence-corrected chi connectivity index (χ0v) is 10.9. The van der Waals surface area contributed by atoms with Crippen LogP contribution in [0.15, 0.2) is 0 Å². The van der Waals surface area contributed by atoms with Crippen molar-refractivity contribution in [3.63, 3.8) is 0 Å². The standard InChI is InChI=1S/C11H22N2O2S/c1-8(7-12-11-5-6-11)16(14,15)13-9(2)10-3-4-10/h8-13H,3-7H2,1-2H3. The van der Waals surface area contributed by atoms with E-state index in [9.17, 15) is 8.42 Å². The van der Waals surface area contributed by atoms with Gasteiger partial charge in [-0.3, -0.25) is 0 Å². The molecule has 0 aromatic rings. The number of sulfonamides is 1. The van der Waals surface area contributed by atoms with Gasteiger partial charge in [-0.25, -0.2) is 13.1 Å². The van der Waals surface area contributed by atoms with Crippen molar-refractivity contribution in [2.45, 2.75) is 56.9 Å². The molecule has 0 heterocycles. The van der Waals surface area contributed by atoms with Crippen molar-refractivity contribution in [2.75, 3.05) is 6.54 Å². The maximum absolute atomic E-state index is 12.0. The summed E-state index contributed by atoms with van der Waals surface area (Å²) < 4.78 is 26.7. The molecule has 0 saturated heterocycles. The Morgan fingerprint density at radius 3 is 2.31 bits per heavy atom. The van der Waals surface area contributed by atoms with Gasteiger partial charge >= 0.3 is 0 Å². The Kier molecular flexibility index (Phi) is 3.56. The normalized spacial score (nSPS) is 25.4. The van der Waals surface area contributed by atoms with Crippen molar-refractivity contribution in [3.05, 3.63) is 0 Å². The van der Waals surface area contributed by atoms with Gasteiger partial charge in [0.25, 0.3) is 0 Å². The van der Waals surface area contributed by atoms with E-state index in [1.165, 1.54) is 25.7 Å². The molecule has 94 valence electrons. The molecule has 4 nitrogen and oxygen atoms in total. The van der Waals surface area contributed by atoms with Gasteiger partial charge in [-0.05, 0) is 45.4 Å². The van der Waals surface area contributed by atoms with Gasteiger partial charge in [-0.1, -0.05) is 0 Å². The fourth-order valence-electron chi connectivity index (χ4n) is 1.80. The van der Waals surface area contributed by atoms with E-state index in [0.29, 0.717) is 18.5 Å². The molecule has 2 aliphatic rings. The molecule has 0 radical (unpaired) electrons. The van der Waals surface area contributed by atoms with E-state index in [1.807, 2.05) is 6.92 Å². The molecule has 0 aromatic carbocycles. The molecule has 16 heavy (non-hydrogen) atoms. The van der Waals surface area contributed by atoms with Crippen molar-refractivity contribution in [1.82, 2.24) is 10.0 Å². The van der Waals surface area contributed by atoms with Crippen LogP contribution in [0.2, 0.25) is 0 Å². The molecule has 0 spiro atoms. The molecule has 2 N–H and O–H groups in total. The third kappa shape index (κ3) is 3.43. The second kappa shape index (κ2) is 4.63. The largest absolute Gasteiger partial charge is 0.313 e. The van der Waals surface area contributed by atoms with E-state index >= 15 is 0 Å². The number of rotatable bonds is 7. The van der Waals surface area contributed by atoms with Gasteiger partial charge in [0.05, 0.1) is 5.25 Å². The number of hydrogen-bond acceptors (Lipinski definition) is 3. The zero-order chi connectivity index (χ0) is 11.8. The van der Waals surface area contributed by atoms with Gasteiger partial charge in [-0.2, -0.15) is 0 Å². The number of nitrogens with one attached hydrogen (secondary N) is 2. The predicted octanol–water partition coefficient (Wildman–Crippen LogP) is 0.845. The van der Waals surface area contributed by atoms with Gasteiger partial charge in [0.2, 0.25) is 10.0 Å². The summed E-state index contributed by atoms with van der Waals surface area (Å²) in [6.07, 6.45) is 4.72. The summed E-state index contributed by atoms with van der Waals surface area (Å²) in [5, 5.41) is 2.92. The second-order valence-electron chi connectivity index (χ2n) is 5.28. The Bertz CT molecular complexity index is 334. The average Bonchev–Trinajstić information content (AvgIpc) is 3.02. The summed E-state index contributed by atoms with van der Waals surface area (Å²) in [6, 6.07) is 0.673. The Labute approximate surface area is 98.2 Å². The molecule has 0 aromatic heterocycles. The van der Waals surface area contributed by atoms with E-state index in [1.54, 1.807) is 6.92 Å². The Morgan fingerprint density at radius 2 is 1.81 bits per heavy atom. The molecule has 2 atom stereocenters. The third-order valence-electron chi connectivity index (χ3n) is 3.48. The molecule has 0 bridgehead atoms. The second-order valence-corrected chi connectivity index (χ2v) is 7.41. The van der Waals surface area contributed by atoms with Gasteiger partial charge in [-0.15, -0.1) is 0 Å². The first-order valence-corrected chi connectivity index (χ1v) is 7.78. The SMILES string of the molecule is CC(NS(=O)(=O)C(C)CNC1CC1)C1CC1. The lowest BCUT2D eigenvalue weighted by molar-refractivity contribution is 0.522. The molecular weight excluding hydrogens is 224 g/mol. The molecule has 2 rings (SSSR count). The van der Waals surface area contributed by atoms with Crippen LogP contribution in [0.5, 0.6) is 0 Å². The summed E-state index contributed by atoms with van der Waals surface area (Å²) in [7, 11) is -3.14. The van der Waals surface area contributed by atoms with E-state index in [0.717, 1.165) is 0 Å². The van der Waals surface area contributed by atoms with Crippen molar-refractivity contribution in [3.8, 4) is 0 Å². The van der Waals surface area contributed by atoms with E-state index in [4.69, 9.17) is 0 Å². The van der Waals surface area contributed by atoms with Crippen LogP contribution in [0.1, 0.15) is 39.5 Å². The van der Waals surface area contributed by atoms with Crippen molar-refractivity contribution in [2.24, 2.45) is 5.92 Å². The van der Waals surface area contributed by atoms with Crippen LogP contribution >= 0.6 is 0 Å². The van der Waals surface area contributed by atoms with E-state index in [2.05, 4.69) is 10.0 Å². The highest BCUT2D eigenvalue weighted by atomic mass is 32.2. The molecule has 2 aliphatic carbocycles. The van der Waals surface area contributed by atoms with Crippen LogP contribution in [0.3, 0.4) is 0 Å². The maximum atomic E-state index is 12.0. The fraction of sp³-hybridized carbons (Fsp3) is 1.00. The van der Waals surface area contributed by atoms with Crippen LogP contribution in [0.25, 0.3) is 0 Å². The van der Waals surface area contributed by atoms with Gasteiger partial charge in [0, 0.05) is 18.6 Å². The minimum absolute atomic E-state index is 0.105. The smallest absolute Gasteiger partial charge is 0.215 e. The van der Waals surface area contributed by atoms with Crippen molar-refractivity contribution >= 4 is 10.0 Å². The maximum Gasteiger partial charge on any atom is 0.215 e. The quantitative estimate of drug-likeness (QED) is 0.700. The van der Waals surface area contributed by atoms with Gasteiger partial charge in [0.15, 0.2) is 0 Å². The van der Waals surface area contributed by atoms with E-state index < -0.39 is 10.0 Å². The van der Waals surface area contributed by atoms with Gasteiger partial charge in [0.1, 0.15) is 0 Å². The van der Waals surface area contributed by atoms with Crippen LogP contribution in [0.4, 0.5) is 0 Å². The van der Waals surface area contributed by atoms with Crippen molar-refractivity contribution in [1.29, 1.82) is 0 Å². The zero-order valence-electron chi connectivity index (χ0n) is 10.1. The molecule has 2 fully saturated rings. The third-order valence-corrected chi connectivity index (χ3v) is 5.41. The minimum atomic E-state index is -3.14. The molecule has 2 unspecified atom stereocenters. The summed E-state index contributed by atoms with van der Waals surface area (Å²) in [5.41, 5.74) is 0. The van der Waals surface area contributed by atoms with Crippen LogP contribution in [0, 0.1) is 5.92 Å². The lowest BCUT2D eigenvalue weighted by Gasteiger charge is -2.18. The first-order valence-electron chi connectivity index (χ1n) is 6.23. The Balaban J connectivity index is 1.78. The molecule has 0 amide bonds. The average molecular weight is 246 g/mol. The first kappa shape index (κ1) is 12.3.